The van der Waals surface area contributed by atoms with E-state index in [1.54, 1.807) is 0 Å². The van der Waals surface area contributed by atoms with E-state index in [9.17, 15) is 62.9 Å². The maximum atomic E-state index is 13.2. The van der Waals surface area contributed by atoms with Crippen molar-refractivity contribution in [1.82, 2.24) is 0 Å². The molecular formula is C15H18F12O5. The molecule has 0 aliphatic heterocycles. The van der Waals surface area contributed by atoms with Gasteiger partial charge in [-0.15, -0.1) is 0 Å². The van der Waals surface area contributed by atoms with Gasteiger partial charge in [-0.2, -0.15) is 52.7 Å². The zero-order valence-corrected chi connectivity index (χ0v) is 15.6. The molecule has 3 atom stereocenters. The van der Waals surface area contributed by atoms with Crippen LogP contribution >= 0.6 is 0 Å². The number of aliphatic hydroxyl groups excluding tert-OH is 2. The van der Waals surface area contributed by atoms with Crippen LogP contribution in [-0.2, 0) is 4.74 Å². The molecule has 17 heteroatoms. The maximum absolute atomic E-state index is 13.2. The van der Waals surface area contributed by atoms with Crippen molar-refractivity contribution in [2.45, 2.75) is 67.4 Å². The van der Waals surface area contributed by atoms with Crippen LogP contribution in [0.4, 0.5) is 52.7 Å². The summed E-state index contributed by atoms with van der Waals surface area (Å²) in [6.45, 7) is -2.14. The lowest BCUT2D eigenvalue weighted by Gasteiger charge is -2.48. The molecule has 4 N–H and O–H groups in total. The summed E-state index contributed by atoms with van der Waals surface area (Å²) in [5, 5.41) is 36.8. The van der Waals surface area contributed by atoms with Crippen molar-refractivity contribution < 1.29 is 77.8 Å². The van der Waals surface area contributed by atoms with Gasteiger partial charge < -0.3 is 25.2 Å². The van der Waals surface area contributed by atoms with Crippen molar-refractivity contribution in [3.63, 3.8) is 0 Å². The fraction of sp³-hybridized carbons (Fsp3) is 1.00. The van der Waals surface area contributed by atoms with Gasteiger partial charge in [-0.3, -0.25) is 0 Å². The van der Waals surface area contributed by atoms with Crippen LogP contribution in [0.5, 0.6) is 0 Å². The molecule has 3 unspecified atom stereocenters. The van der Waals surface area contributed by atoms with Crippen molar-refractivity contribution in [2.24, 2.45) is 11.8 Å². The van der Waals surface area contributed by atoms with Crippen LogP contribution in [0.25, 0.3) is 0 Å². The summed E-state index contributed by atoms with van der Waals surface area (Å²) >= 11 is 0. The Morgan fingerprint density at radius 3 is 1.22 bits per heavy atom. The van der Waals surface area contributed by atoms with Crippen LogP contribution in [0.1, 0.15) is 19.3 Å². The first-order valence-electron chi connectivity index (χ1n) is 8.66. The van der Waals surface area contributed by atoms with E-state index in [0.29, 0.717) is 0 Å². The normalized spacial score (nSPS) is 25.7. The van der Waals surface area contributed by atoms with Gasteiger partial charge in [-0.05, 0) is 19.3 Å². The number of aliphatic hydroxyl groups is 4. The van der Waals surface area contributed by atoms with Gasteiger partial charge in [0.2, 0.25) is 0 Å². The number of halogens is 12. The highest BCUT2D eigenvalue weighted by atomic mass is 19.4. The molecule has 0 aromatic heterocycles. The van der Waals surface area contributed by atoms with Gasteiger partial charge in [0.15, 0.2) is 0 Å². The summed E-state index contributed by atoms with van der Waals surface area (Å²) in [4.78, 5) is 0. The second kappa shape index (κ2) is 8.96. The monoisotopic (exact) mass is 506 g/mol. The van der Waals surface area contributed by atoms with Gasteiger partial charge in [-0.25, -0.2) is 0 Å². The molecule has 0 saturated heterocycles. The summed E-state index contributed by atoms with van der Waals surface area (Å²) in [5.74, 6) is -6.68. The molecule has 1 saturated carbocycles. The van der Waals surface area contributed by atoms with E-state index in [-0.39, 0.29) is 0 Å². The quantitative estimate of drug-likeness (QED) is 0.417. The Kier molecular flexibility index (Phi) is 8.12. The first-order valence-corrected chi connectivity index (χ1v) is 8.66. The zero-order valence-electron chi connectivity index (χ0n) is 15.6. The lowest BCUT2D eigenvalue weighted by atomic mass is 9.65. The van der Waals surface area contributed by atoms with Crippen molar-refractivity contribution in [1.29, 1.82) is 0 Å². The van der Waals surface area contributed by atoms with Crippen LogP contribution in [0.3, 0.4) is 0 Å². The minimum atomic E-state index is -6.57. The van der Waals surface area contributed by atoms with Crippen molar-refractivity contribution >= 4 is 0 Å². The van der Waals surface area contributed by atoms with E-state index >= 15 is 0 Å². The number of alkyl halides is 12. The Hall–Kier alpha value is -1.04. The molecule has 192 valence electrons. The standard InChI is InChI=1S/C15H18F12O5/c16-12(17,18)10(30,13(19,20)21)6-1-7(3-9(2-6)32-5-8(29)4-28)11(31,14(22,23)24)15(25,26)27/h6-9,28-31H,1-5H2. The summed E-state index contributed by atoms with van der Waals surface area (Å²) in [7, 11) is 0. The van der Waals surface area contributed by atoms with Gasteiger partial charge in [0.1, 0.15) is 6.10 Å². The van der Waals surface area contributed by atoms with E-state index in [0.717, 1.165) is 0 Å². The fourth-order valence-corrected chi connectivity index (χ4v) is 3.63. The van der Waals surface area contributed by atoms with Crippen LogP contribution in [0, 0.1) is 11.8 Å². The molecule has 0 heterocycles. The Balaban J connectivity index is 3.57. The first kappa shape index (κ1) is 29.0. The van der Waals surface area contributed by atoms with Gasteiger partial charge in [0, 0.05) is 11.8 Å². The van der Waals surface area contributed by atoms with Gasteiger partial charge >= 0.3 is 24.7 Å². The Labute approximate surface area is 171 Å². The van der Waals surface area contributed by atoms with Crippen molar-refractivity contribution in [2.75, 3.05) is 13.2 Å². The predicted octanol–water partition coefficient (Wildman–Crippen LogP) is 2.85. The molecule has 0 radical (unpaired) electrons. The molecule has 1 aliphatic carbocycles. The average molecular weight is 506 g/mol. The Morgan fingerprint density at radius 1 is 0.656 bits per heavy atom. The topological polar surface area (TPSA) is 90.2 Å². The lowest BCUT2D eigenvalue weighted by molar-refractivity contribution is -0.406. The van der Waals surface area contributed by atoms with Crippen LogP contribution in [-0.4, -0.2) is 81.8 Å². The van der Waals surface area contributed by atoms with E-state index in [1.165, 1.54) is 0 Å². The van der Waals surface area contributed by atoms with Gasteiger partial charge in [-0.1, -0.05) is 0 Å². The molecule has 0 spiro atoms. The van der Waals surface area contributed by atoms with Crippen molar-refractivity contribution in [3.8, 4) is 0 Å². The van der Waals surface area contributed by atoms with Gasteiger partial charge in [0.25, 0.3) is 11.2 Å². The lowest BCUT2D eigenvalue weighted by Crippen LogP contribution is -2.67. The van der Waals surface area contributed by atoms with E-state index in [4.69, 9.17) is 10.2 Å². The van der Waals surface area contributed by atoms with Crippen LogP contribution in [0.2, 0.25) is 0 Å². The summed E-state index contributed by atoms with van der Waals surface area (Å²) < 4.78 is 163. The highest BCUT2D eigenvalue weighted by molar-refractivity contribution is 5.08. The third kappa shape index (κ3) is 5.20. The molecule has 1 aliphatic rings. The number of hydrogen-bond acceptors (Lipinski definition) is 5. The minimum Gasteiger partial charge on any atom is -0.394 e. The molecule has 5 nitrogen and oxygen atoms in total. The average Bonchev–Trinajstić information content (AvgIpc) is 2.60. The molecule has 1 fully saturated rings. The SMILES string of the molecule is OCC(O)COC1CC(C(O)(C(F)(F)F)C(F)(F)F)CC(C(O)(C(F)(F)F)C(F)(F)F)C1. The Morgan fingerprint density at radius 2 is 0.969 bits per heavy atom. The van der Waals surface area contributed by atoms with Crippen LogP contribution in [0.15, 0.2) is 0 Å². The molecule has 1 rings (SSSR count). The maximum Gasteiger partial charge on any atom is 0.426 e. The summed E-state index contributed by atoms with van der Waals surface area (Å²) in [6.07, 6.45) is -35.5. The number of rotatable bonds is 6. The third-order valence-electron chi connectivity index (χ3n) is 5.31. The van der Waals surface area contributed by atoms with Crippen molar-refractivity contribution in [3.05, 3.63) is 0 Å². The van der Waals surface area contributed by atoms with Crippen LogP contribution < -0.4 is 0 Å². The van der Waals surface area contributed by atoms with E-state index in [2.05, 4.69) is 4.74 Å². The molecule has 0 amide bonds. The largest absolute Gasteiger partial charge is 0.426 e. The fourth-order valence-electron chi connectivity index (χ4n) is 3.63. The minimum absolute atomic E-state index is 1.07. The highest BCUT2D eigenvalue weighted by Crippen LogP contribution is 2.57. The zero-order chi connectivity index (χ0) is 25.6. The van der Waals surface area contributed by atoms with E-state index in [1.807, 2.05) is 0 Å². The smallest absolute Gasteiger partial charge is 0.394 e. The number of ether oxygens (including phenoxy) is 1. The highest BCUT2D eigenvalue weighted by Gasteiger charge is 2.78. The second-order valence-electron chi connectivity index (χ2n) is 7.42. The molecule has 0 aromatic carbocycles. The molecular weight excluding hydrogens is 488 g/mol. The van der Waals surface area contributed by atoms with Gasteiger partial charge in [0.05, 0.1) is 19.3 Å². The number of hydrogen-bond donors (Lipinski definition) is 4. The molecule has 0 aromatic rings. The van der Waals surface area contributed by atoms with E-state index < -0.39 is 92.4 Å². The second-order valence-corrected chi connectivity index (χ2v) is 7.42. The predicted molar refractivity (Wildman–Crippen MR) is 77.8 cm³/mol. The molecule has 32 heavy (non-hydrogen) atoms. The molecule has 0 bridgehead atoms. The summed E-state index contributed by atoms with van der Waals surface area (Å²) in [6, 6.07) is 0. The summed E-state index contributed by atoms with van der Waals surface area (Å²) in [5.41, 5.74) is -11.5. The third-order valence-corrected chi connectivity index (χ3v) is 5.31. The Bertz CT molecular complexity index is 552. The first-order chi connectivity index (χ1) is 14.0.